The fourth-order valence-corrected chi connectivity index (χ4v) is 1.30. The van der Waals surface area contributed by atoms with Crippen molar-refractivity contribution in [1.82, 2.24) is 0 Å². The van der Waals surface area contributed by atoms with E-state index in [1.165, 1.54) is 0 Å². The summed E-state index contributed by atoms with van der Waals surface area (Å²) in [6.07, 6.45) is 1.12. The lowest BCUT2D eigenvalue weighted by Crippen LogP contribution is -2.11. The number of halogens is 1. The molecule has 5 nitrogen and oxygen atoms in total. The number of rotatable bonds is 5. The molecule has 0 amide bonds. The lowest BCUT2D eigenvalue weighted by atomic mass is 10.2. The van der Waals surface area contributed by atoms with E-state index in [1.807, 2.05) is 0 Å². The molecule has 0 saturated carbocycles. The number of nitrogen functional groups attached to an aromatic ring is 1. The maximum atomic E-state index is 7.19. The summed E-state index contributed by atoms with van der Waals surface area (Å²) < 4.78 is 5.31. The van der Waals surface area contributed by atoms with E-state index in [0.29, 0.717) is 22.0 Å². The van der Waals surface area contributed by atoms with Gasteiger partial charge >= 0.3 is 0 Å². The fraction of sp³-hybridized carbons (Fsp3) is 0.222. The van der Waals surface area contributed by atoms with Crippen LogP contribution in [0.5, 0.6) is 5.75 Å². The molecular formula is C9H12ClN3O2. The van der Waals surface area contributed by atoms with Gasteiger partial charge in [0.25, 0.3) is 0 Å². The van der Waals surface area contributed by atoms with Gasteiger partial charge in [-0.1, -0.05) is 11.6 Å². The highest BCUT2D eigenvalue weighted by Crippen LogP contribution is 2.27. The molecule has 0 bridgehead atoms. The van der Waals surface area contributed by atoms with Gasteiger partial charge < -0.3 is 20.7 Å². The largest absolute Gasteiger partial charge is 0.490 e. The SMILES string of the molecule is N=Cc1c(N)cc(Cl)cc1OCCON. The summed E-state index contributed by atoms with van der Waals surface area (Å²) in [4.78, 5) is 4.35. The first kappa shape index (κ1) is 11.8. The molecule has 5 N–H and O–H groups in total. The maximum absolute atomic E-state index is 7.19. The van der Waals surface area contributed by atoms with E-state index in [-0.39, 0.29) is 13.2 Å². The Morgan fingerprint density at radius 3 is 2.73 bits per heavy atom. The summed E-state index contributed by atoms with van der Waals surface area (Å²) in [6.45, 7) is 0.529. The van der Waals surface area contributed by atoms with Crippen LogP contribution in [0, 0.1) is 5.41 Å². The minimum absolute atomic E-state index is 0.254. The number of hydrogen-bond acceptors (Lipinski definition) is 5. The summed E-state index contributed by atoms with van der Waals surface area (Å²) in [6, 6.07) is 3.16. The Bertz CT molecular complexity index is 357. The molecular weight excluding hydrogens is 218 g/mol. The van der Waals surface area contributed by atoms with Crippen molar-refractivity contribution in [2.45, 2.75) is 0 Å². The molecule has 82 valence electrons. The lowest BCUT2D eigenvalue weighted by molar-refractivity contribution is 0.102. The van der Waals surface area contributed by atoms with E-state index in [4.69, 9.17) is 33.4 Å². The summed E-state index contributed by atoms with van der Waals surface area (Å²) >= 11 is 5.80. The van der Waals surface area contributed by atoms with Crippen LogP contribution in [0.2, 0.25) is 5.02 Å². The summed E-state index contributed by atoms with van der Waals surface area (Å²) in [7, 11) is 0. The van der Waals surface area contributed by atoms with Crippen LogP contribution < -0.4 is 16.4 Å². The minimum Gasteiger partial charge on any atom is -0.490 e. The topological polar surface area (TPSA) is 94.4 Å². The zero-order chi connectivity index (χ0) is 11.3. The summed E-state index contributed by atoms with van der Waals surface area (Å²) in [5.41, 5.74) is 6.57. The zero-order valence-electron chi connectivity index (χ0n) is 8.00. The van der Waals surface area contributed by atoms with Gasteiger partial charge in [-0.05, 0) is 12.1 Å². The molecule has 15 heavy (non-hydrogen) atoms. The second-order valence-corrected chi connectivity index (χ2v) is 3.21. The quantitative estimate of drug-likeness (QED) is 0.306. The Morgan fingerprint density at radius 2 is 2.13 bits per heavy atom. The van der Waals surface area contributed by atoms with Crippen molar-refractivity contribution in [3.8, 4) is 5.75 Å². The third-order valence-corrected chi connectivity index (χ3v) is 1.96. The first-order chi connectivity index (χ1) is 7.19. The third-order valence-electron chi connectivity index (χ3n) is 1.74. The number of anilines is 1. The van der Waals surface area contributed by atoms with Gasteiger partial charge in [0.1, 0.15) is 19.0 Å². The normalized spacial score (nSPS) is 10.0. The predicted molar refractivity (Wildman–Crippen MR) is 59.4 cm³/mol. The highest BCUT2D eigenvalue weighted by atomic mass is 35.5. The molecule has 1 rings (SSSR count). The van der Waals surface area contributed by atoms with Crippen LogP contribution in [0.1, 0.15) is 5.56 Å². The second-order valence-electron chi connectivity index (χ2n) is 2.77. The van der Waals surface area contributed by atoms with Crippen molar-refractivity contribution in [2.24, 2.45) is 5.90 Å². The van der Waals surface area contributed by atoms with Crippen molar-refractivity contribution in [3.05, 3.63) is 22.7 Å². The number of nitrogens with two attached hydrogens (primary N) is 2. The van der Waals surface area contributed by atoms with Gasteiger partial charge in [0, 0.05) is 16.9 Å². The highest BCUT2D eigenvalue weighted by molar-refractivity contribution is 6.31. The lowest BCUT2D eigenvalue weighted by Gasteiger charge is -2.10. The van der Waals surface area contributed by atoms with Crippen molar-refractivity contribution >= 4 is 23.5 Å². The Balaban J connectivity index is 2.88. The first-order valence-electron chi connectivity index (χ1n) is 4.23. The van der Waals surface area contributed by atoms with Crippen LogP contribution >= 0.6 is 11.6 Å². The Morgan fingerprint density at radius 1 is 1.40 bits per heavy atom. The molecule has 1 aromatic rings. The summed E-state index contributed by atoms with van der Waals surface area (Å²) in [5, 5.41) is 7.65. The Kier molecular flexibility index (Phi) is 4.36. The van der Waals surface area contributed by atoms with Gasteiger partial charge in [0.15, 0.2) is 0 Å². The molecule has 0 heterocycles. The van der Waals surface area contributed by atoms with E-state index in [2.05, 4.69) is 4.84 Å². The first-order valence-corrected chi connectivity index (χ1v) is 4.60. The monoisotopic (exact) mass is 229 g/mol. The Hall–Kier alpha value is -1.30. The molecule has 0 radical (unpaired) electrons. The van der Waals surface area contributed by atoms with Crippen LogP contribution in [-0.4, -0.2) is 19.4 Å². The molecule has 0 atom stereocenters. The maximum Gasteiger partial charge on any atom is 0.131 e. The Labute approximate surface area is 92.4 Å². The van der Waals surface area contributed by atoms with Crippen LogP contribution in [0.4, 0.5) is 5.69 Å². The number of nitrogens with one attached hydrogen (secondary N) is 1. The molecule has 0 aliphatic rings. The molecule has 0 saturated heterocycles. The molecule has 1 aromatic carbocycles. The molecule has 0 aliphatic heterocycles. The fourth-order valence-electron chi connectivity index (χ4n) is 1.09. The van der Waals surface area contributed by atoms with E-state index in [9.17, 15) is 0 Å². The molecule has 0 aliphatic carbocycles. The van der Waals surface area contributed by atoms with Crippen molar-refractivity contribution in [2.75, 3.05) is 18.9 Å². The molecule has 0 aromatic heterocycles. The van der Waals surface area contributed by atoms with Gasteiger partial charge in [-0.2, -0.15) is 0 Å². The van der Waals surface area contributed by atoms with Crippen LogP contribution in [0.15, 0.2) is 12.1 Å². The summed E-state index contributed by atoms with van der Waals surface area (Å²) in [5.74, 6) is 5.30. The number of ether oxygens (including phenoxy) is 1. The standard InChI is InChI=1S/C9H12ClN3O2/c10-6-3-8(12)7(5-11)9(4-6)14-1-2-15-13/h3-5,11H,1-2,12-13H2. The van der Waals surface area contributed by atoms with Gasteiger partial charge in [0.05, 0.1) is 5.56 Å². The van der Waals surface area contributed by atoms with Crippen molar-refractivity contribution in [3.63, 3.8) is 0 Å². The van der Waals surface area contributed by atoms with Crippen LogP contribution in [0.3, 0.4) is 0 Å². The smallest absolute Gasteiger partial charge is 0.131 e. The van der Waals surface area contributed by atoms with Crippen LogP contribution in [-0.2, 0) is 4.84 Å². The van der Waals surface area contributed by atoms with Gasteiger partial charge in [-0.25, -0.2) is 5.90 Å². The van der Waals surface area contributed by atoms with Crippen molar-refractivity contribution in [1.29, 1.82) is 5.41 Å². The van der Waals surface area contributed by atoms with E-state index in [0.717, 1.165) is 6.21 Å². The van der Waals surface area contributed by atoms with E-state index >= 15 is 0 Å². The predicted octanol–water partition coefficient (Wildman–Crippen LogP) is 1.19. The van der Waals surface area contributed by atoms with E-state index in [1.54, 1.807) is 12.1 Å². The molecule has 0 unspecified atom stereocenters. The van der Waals surface area contributed by atoms with Gasteiger partial charge in [-0.3, -0.25) is 0 Å². The average Bonchev–Trinajstić information content (AvgIpc) is 2.17. The minimum atomic E-state index is 0.254. The van der Waals surface area contributed by atoms with E-state index < -0.39 is 0 Å². The van der Waals surface area contributed by atoms with Gasteiger partial charge in [-0.15, -0.1) is 0 Å². The second kappa shape index (κ2) is 5.55. The molecule has 6 heteroatoms. The molecule has 0 fully saturated rings. The van der Waals surface area contributed by atoms with Gasteiger partial charge in [0.2, 0.25) is 0 Å². The zero-order valence-corrected chi connectivity index (χ0v) is 8.75. The highest BCUT2D eigenvalue weighted by Gasteiger charge is 2.07. The molecule has 0 spiro atoms. The van der Waals surface area contributed by atoms with Crippen molar-refractivity contribution < 1.29 is 9.57 Å². The van der Waals surface area contributed by atoms with Crippen LogP contribution in [0.25, 0.3) is 0 Å². The third kappa shape index (κ3) is 3.09. The average molecular weight is 230 g/mol. The number of benzene rings is 1. The number of hydrogen-bond donors (Lipinski definition) is 3.